The summed E-state index contributed by atoms with van der Waals surface area (Å²) < 4.78 is 51.9. The molecule has 0 heterocycles. The smallest absolute Gasteiger partial charge is 0.224 e. The van der Waals surface area contributed by atoms with Gasteiger partial charge in [0.15, 0.2) is 24.3 Å². The van der Waals surface area contributed by atoms with Crippen LogP contribution in [0.5, 0.6) is 0 Å². The maximum Gasteiger partial charge on any atom is 0.224 e. The van der Waals surface area contributed by atoms with Crippen LogP contribution in [0.4, 0.5) is 5.69 Å². The van der Waals surface area contributed by atoms with Crippen LogP contribution in [0, 0.1) is 20.8 Å². The van der Waals surface area contributed by atoms with Crippen molar-refractivity contribution in [2.45, 2.75) is 48.0 Å². The van der Waals surface area contributed by atoms with Crippen molar-refractivity contribution in [3.63, 3.8) is 0 Å². The zero-order chi connectivity index (χ0) is 24.2. The summed E-state index contributed by atoms with van der Waals surface area (Å²) in [7, 11) is -8.55. The summed E-state index contributed by atoms with van der Waals surface area (Å²) in [6, 6.07) is 19.2. The molecule has 0 saturated heterocycles. The second kappa shape index (κ2) is 9.89. The minimum atomic E-state index is -4.28. The molecule has 0 aliphatic carbocycles. The molecule has 6 nitrogen and oxygen atoms in total. The Morgan fingerprint density at radius 2 is 1.03 bits per heavy atom. The van der Waals surface area contributed by atoms with Gasteiger partial charge in [0.1, 0.15) is 0 Å². The van der Waals surface area contributed by atoms with Crippen molar-refractivity contribution in [3.05, 3.63) is 89.5 Å². The fourth-order valence-electron chi connectivity index (χ4n) is 3.35. The van der Waals surface area contributed by atoms with Crippen molar-refractivity contribution < 1.29 is 21.6 Å². The van der Waals surface area contributed by atoms with Gasteiger partial charge < -0.3 is 5.32 Å². The third-order valence-corrected chi connectivity index (χ3v) is 10.6. The first-order valence-corrected chi connectivity index (χ1v) is 13.6. The van der Waals surface area contributed by atoms with Gasteiger partial charge >= 0.3 is 0 Å². The zero-order valence-corrected chi connectivity index (χ0v) is 20.4. The number of anilines is 1. The molecule has 0 fully saturated rings. The Bertz CT molecular complexity index is 1250. The lowest BCUT2D eigenvalue weighted by atomic mass is 10.2. The minimum absolute atomic E-state index is 0.0901. The molecule has 3 aromatic carbocycles. The van der Waals surface area contributed by atoms with E-state index in [1.165, 1.54) is 24.3 Å². The molecule has 3 rings (SSSR count). The molecule has 0 aliphatic heterocycles. The molecule has 0 bridgehead atoms. The topological polar surface area (TPSA) is 97.4 Å². The maximum atomic E-state index is 13.4. The van der Waals surface area contributed by atoms with E-state index in [9.17, 15) is 21.6 Å². The zero-order valence-electron chi connectivity index (χ0n) is 18.8. The Balaban J connectivity index is 1.92. The van der Waals surface area contributed by atoms with Crippen LogP contribution in [-0.4, -0.2) is 27.3 Å². The van der Waals surface area contributed by atoms with Crippen molar-refractivity contribution in [1.82, 2.24) is 0 Å². The second-order valence-electron chi connectivity index (χ2n) is 8.10. The summed E-state index contributed by atoms with van der Waals surface area (Å²) in [6.07, 6.45) is -0.640. The number of hydrogen-bond acceptors (Lipinski definition) is 5. The molecule has 174 valence electrons. The number of carbonyl (C=O) groups excluding carboxylic acids is 1. The van der Waals surface area contributed by atoms with Gasteiger partial charge in [-0.05, 0) is 63.6 Å². The standard InChI is InChI=1S/C25H27NO5S2/c1-18-4-10-21(11-5-18)26-24(27)16-17-25(32(28,29)22-12-6-19(2)7-13-22)33(30,31)23-14-8-20(3)9-15-23/h4-15,25H,16-17H2,1-3H3,(H,26,27). The third-order valence-electron chi connectivity index (χ3n) is 5.33. The van der Waals surface area contributed by atoms with E-state index >= 15 is 0 Å². The van der Waals surface area contributed by atoms with Crippen LogP contribution in [-0.2, 0) is 24.5 Å². The lowest BCUT2D eigenvalue weighted by Crippen LogP contribution is -2.32. The van der Waals surface area contributed by atoms with Crippen molar-refractivity contribution >= 4 is 31.3 Å². The van der Waals surface area contributed by atoms with Gasteiger partial charge in [-0.25, -0.2) is 16.8 Å². The van der Waals surface area contributed by atoms with E-state index in [1.54, 1.807) is 36.4 Å². The quantitative estimate of drug-likeness (QED) is 0.503. The molecular formula is C25H27NO5S2. The Labute approximate surface area is 195 Å². The fraction of sp³-hybridized carbons (Fsp3) is 0.240. The normalized spacial score (nSPS) is 12.0. The highest BCUT2D eigenvalue weighted by molar-refractivity contribution is 8.09. The first-order valence-electron chi connectivity index (χ1n) is 10.5. The summed E-state index contributed by atoms with van der Waals surface area (Å²) in [5, 5.41) is 2.69. The number of benzene rings is 3. The first kappa shape index (κ1) is 24.7. The third kappa shape index (κ3) is 5.89. The Morgan fingerprint density at radius 3 is 1.42 bits per heavy atom. The second-order valence-corrected chi connectivity index (χ2v) is 12.7. The summed E-state index contributed by atoms with van der Waals surface area (Å²) in [4.78, 5) is 12.3. The number of nitrogens with one attached hydrogen (secondary N) is 1. The van der Waals surface area contributed by atoms with Crippen molar-refractivity contribution in [3.8, 4) is 0 Å². The molecule has 0 saturated carbocycles. The molecule has 0 aliphatic rings. The Morgan fingerprint density at radius 1 is 0.667 bits per heavy atom. The van der Waals surface area contributed by atoms with Gasteiger partial charge in [0, 0.05) is 12.1 Å². The summed E-state index contributed by atoms with van der Waals surface area (Å²) in [6.45, 7) is 5.54. The van der Waals surface area contributed by atoms with Crippen LogP contribution in [0.25, 0.3) is 0 Å². The van der Waals surface area contributed by atoms with Crippen LogP contribution in [0.15, 0.2) is 82.6 Å². The fourth-order valence-corrected chi connectivity index (χ4v) is 7.84. The predicted molar refractivity (Wildman–Crippen MR) is 130 cm³/mol. The molecule has 33 heavy (non-hydrogen) atoms. The average Bonchev–Trinajstić information content (AvgIpc) is 2.76. The van der Waals surface area contributed by atoms with E-state index in [-0.39, 0.29) is 22.6 Å². The molecule has 0 radical (unpaired) electrons. The molecule has 0 spiro atoms. The predicted octanol–water partition coefficient (Wildman–Crippen LogP) is 4.60. The van der Waals surface area contributed by atoms with Crippen molar-refractivity contribution in [2.75, 3.05) is 5.32 Å². The van der Waals surface area contributed by atoms with Gasteiger partial charge in [0.25, 0.3) is 0 Å². The largest absolute Gasteiger partial charge is 0.326 e. The van der Waals surface area contributed by atoms with E-state index in [0.29, 0.717) is 5.69 Å². The van der Waals surface area contributed by atoms with Gasteiger partial charge in [0.2, 0.25) is 5.91 Å². The molecule has 1 amide bonds. The number of aryl methyl sites for hydroxylation is 3. The van der Waals surface area contributed by atoms with E-state index in [0.717, 1.165) is 16.7 Å². The van der Waals surface area contributed by atoms with E-state index in [1.807, 2.05) is 32.9 Å². The first-order chi connectivity index (χ1) is 15.5. The van der Waals surface area contributed by atoms with Gasteiger partial charge in [-0.1, -0.05) is 53.1 Å². The van der Waals surface area contributed by atoms with Crippen LogP contribution in [0.2, 0.25) is 0 Å². The van der Waals surface area contributed by atoms with Gasteiger partial charge in [0.05, 0.1) is 9.79 Å². The number of sulfone groups is 2. The van der Waals surface area contributed by atoms with Gasteiger partial charge in [-0.15, -0.1) is 0 Å². The summed E-state index contributed by atoms with van der Waals surface area (Å²) >= 11 is 0. The molecular weight excluding hydrogens is 458 g/mol. The van der Waals surface area contributed by atoms with E-state index in [4.69, 9.17) is 0 Å². The average molecular weight is 486 g/mol. The highest BCUT2D eigenvalue weighted by Crippen LogP contribution is 2.29. The number of amides is 1. The highest BCUT2D eigenvalue weighted by Gasteiger charge is 2.40. The summed E-state index contributed by atoms with van der Waals surface area (Å²) in [5.41, 5.74) is 3.29. The summed E-state index contributed by atoms with van der Waals surface area (Å²) in [5.74, 6) is -0.456. The van der Waals surface area contributed by atoms with E-state index < -0.39 is 30.2 Å². The molecule has 1 N–H and O–H groups in total. The van der Waals surface area contributed by atoms with E-state index in [2.05, 4.69) is 5.32 Å². The molecule has 0 unspecified atom stereocenters. The molecule has 0 atom stereocenters. The Hall–Kier alpha value is -2.97. The lowest BCUT2D eigenvalue weighted by molar-refractivity contribution is -0.116. The Kier molecular flexibility index (Phi) is 7.39. The molecule has 8 heteroatoms. The molecule has 0 aromatic heterocycles. The van der Waals surface area contributed by atoms with Crippen LogP contribution in [0.1, 0.15) is 29.5 Å². The lowest BCUT2D eigenvalue weighted by Gasteiger charge is -2.19. The monoisotopic (exact) mass is 485 g/mol. The number of hydrogen-bond donors (Lipinski definition) is 1. The van der Waals surface area contributed by atoms with Gasteiger partial charge in [-0.3, -0.25) is 4.79 Å². The maximum absolute atomic E-state index is 13.4. The van der Waals surface area contributed by atoms with Crippen molar-refractivity contribution in [1.29, 1.82) is 0 Å². The SMILES string of the molecule is Cc1ccc(NC(=O)CCC(S(=O)(=O)c2ccc(C)cc2)S(=O)(=O)c2ccc(C)cc2)cc1. The number of rotatable bonds is 8. The highest BCUT2D eigenvalue weighted by atomic mass is 32.3. The van der Waals surface area contributed by atoms with Crippen LogP contribution < -0.4 is 5.32 Å². The minimum Gasteiger partial charge on any atom is -0.326 e. The van der Waals surface area contributed by atoms with Gasteiger partial charge in [-0.2, -0.15) is 0 Å². The molecule has 3 aromatic rings. The van der Waals surface area contributed by atoms with Crippen LogP contribution >= 0.6 is 0 Å². The van der Waals surface area contributed by atoms with Crippen molar-refractivity contribution in [2.24, 2.45) is 0 Å². The number of carbonyl (C=O) groups is 1. The van der Waals surface area contributed by atoms with Crippen LogP contribution in [0.3, 0.4) is 0 Å².